The van der Waals surface area contributed by atoms with Gasteiger partial charge in [-0.15, -0.1) is 5.10 Å². The van der Waals surface area contributed by atoms with Crippen molar-refractivity contribution in [1.29, 1.82) is 0 Å². The predicted molar refractivity (Wildman–Crippen MR) is 137 cm³/mol. The van der Waals surface area contributed by atoms with E-state index in [4.69, 9.17) is 5.10 Å². The van der Waals surface area contributed by atoms with Gasteiger partial charge in [0.15, 0.2) is 11.6 Å². The molecule has 9 nitrogen and oxygen atoms in total. The van der Waals surface area contributed by atoms with Gasteiger partial charge >= 0.3 is 6.03 Å². The third kappa shape index (κ3) is 4.76. The third-order valence-corrected chi connectivity index (χ3v) is 7.26. The monoisotopic (exact) mass is 518 g/mol. The SMILES string of the molecule is Cn1cc(CN2CC(NC(=O)Nc3c4c(nn3-c3ccccc3)CCC4)C(c3ccc(F)c(F)c3)C2)nn1. The molecule has 2 atom stereocenters. The van der Waals surface area contributed by atoms with E-state index < -0.39 is 11.6 Å². The zero-order valence-electron chi connectivity index (χ0n) is 20.9. The van der Waals surface area contributed by atoms with Crippen LogP contribution in [0.4, 0.5) is 19.4 Å². The van der Waals surface area contributed by atoms with Gasteiger partial charge in [0.25, 0.3) is 0 Å². The van der Waals surface area contributed by atoms with Crippen molar-refractivity contribution < 1.29 is 13.6 Å². The minimum atomic E-state index is -0.902. The van der Waals surface area contributed by atoms with Crippen molar-refractivity contribution in [3.8, 4) is 5.69 Å². The Bertz CT molecular complexity index is 1470. The number of carbonyl (C=O) groups excluding carboxylic acids is 1. The normalized spacial score (nSPS) is 19.0. The minimum Gasteiger partial charge on any atom is -0.333 e. The molecule has 2 N–H and O–H groups in total. The molecule has 2 aromatic carbocycles. The van der Waals surface area contributed by atoms with Crippen LogP contribution < -0.4 is 10.6 Å². The molecule has 1 fully saturated rings. The van der Waals surface area contributed by atoms with E-state index in [0.29, 0.717) is 31.0 Å². The summed E-state index contributed by atoms with van der Waals surface area (Å²) in [4.78, 5) is 15.5. The van der Waals surface area contributed by atoms with Crippen LogP contribution in [0.1, 0.15) is 34.9 Å². The van der Waals surface area contributed by atoms with Gasteiger partial charge in [-0.3, -0.25) is 14.9 Å². The fourth-order valence-electron chi connectivity index (χ4n) is 5.53. The highest BCUT2D eigenvalue weighted by Crippen LogP contribution is 2.32. The quantitative estimate of drug-likeness (QED) is 0.407. The summed E-state index contributed by atoms with van der Waals surface area (Å²) in [7, 11) is 1.80. The van der Waals surface area contributed by atoms with Crippen LogP contribution in [0.5, 0.6) is 0 Å². The van der Waals surface area contributed by atoms with Gasteiger partial charge in [0, 0.05) is 44.4 Å². The number of hydrogen-bond donors (Lipinski definition) is 2. The molecule has 0 spiro atoms. The summed E-state index contributed by atoms with van der Waals surface area (Å²) in [5, 5.41) is 19.1. The molecule has 0 radical (unpaired) electrons. The van der Waals surface area contributed by atoms with Gasteiger partial charge in [0.2, 0.25) is 0 Å². The van der Waals surface area contributed by atoms with Gasteiger partial charge in [-0.1, -0.05) is 29.5 Å². The minimum absolute atomic E-state index is 0.239. The first kappa shape index (κ1) is 24.2. The molecule has 3 heterocycles. The third-order valence-electron chi connectivity index (χ3n) is 7.26. The summed E-state index contributed by atoms with van der Waals surface area (Å²) < 4.78 is 31.2. The van der Waals surface area contributed by atoms with E-state index in [-0.39, 0.29) is 18.0 Å². The highest BCUT2D eigenvalue weighted by atomic mass is 19.2. The van der Waals surface area contributed by atoms with Crippen LogP contribution in [0.15, 0.2) is 54.7 Å². The first-order valence-corrected chi connectivity index (χ1v) is 12.7. The van der Waals surface area contributed by atoms with Crippen LogP contribution in [0.3, 0.4) is 0 Å². The van der Waals surface area contributed by atoms with Gasteiger partial charge in [0.05, 0.1) is 23.1 Å². The van der Waals surface area contributed by atoms with E-state index in [1.807, 2.05) is 36.5 Å². The van der Waals surface area contributed by atoms with E-state index in [1.165, 1.54) is 6.07 Å². The molecule has 11 heteroatoms. The topological polar surface area (TPSA) is 92.9 Å². The summed E-state index contributed by atoms with van der Waals surface area (Å²) in [6, 6.07) is 12.9. The number of para-hydroxylation sites is 1. The Hall–Kier alpha value is -4.12. The fourth-order valence-corrected chi connectivity index (χ4v) is 5.53. The van der Waals surface area contributed by atoms with E-state index >= 15 is 0 Å². The lowest BCUT2D eigenvalue weighted by molar-refractivity contribution is 0.246. The van der Waals surface area contributed by atoms with Crippen LogP contribution in [0.25, 0.3) is 5.69 Å². The van der Waals surface area contributed by atoms with Gasteiger partial charge in [-0.05, 0) is 49.1 Å². The number of carbonyl (C=O) groups is 1. The highest BCUT2D eigenvalue weighted by Gasteiger charge is 2.36. The van der Waals surface area contributed by atoms with Crippen LogP contribution in [-0.2, 0) is 26.4 Å². The molecule has 196 valence electrons. The second-order valence-electron chi connectivity index (χ2n) is 9.94. The van der Waals surface area contributed by atoms with E-state index in [0.717, 1.165) is 48.0 Å². The molecule has 2 amide bonds. The van der Waals surface area contributed by atoms with Crippen molar-refractivity contribution in [2.24, 2.45) is 7.05 Å². The molecule has 1 aliphatic carbocycles. The van der Waals surface area contributed by atoms with Crippen molar-refractivity contribution in [2.45, 2.75) is 37.8 Å². The largest absolute Gasteiger partial charge is 0.333 e. The van der Waals surface area contributed by atoms with E-state index in [1.54, 1.807) is 22.5 Å². The maximum absolute atomic E-state index is 14.1. The molecule has 2 aliphatic rings. The number of nitrogens with one attached hydrogen (secondary N) is 2. The number of urea groups is 1. The number of fused-ring (bicyclic) bond motifs is 1. The average molecular weight is 519 g/mol. The van der Waals surface area contributed by atoms with Crippen molar-refractivity contribution in [1.82, 2.24) is 35.0 Å². The van der Waals surface area contributed by atoms with Gasteiger partial charge in [-0.25, -0.2) is 18.3 Å². The Morgan fingerprint density at radius 3 is 2.68 bits per heavy atom. The van der Waals surface area contributed by atoms with E-state index in [2.05, 4.69) is 25.8 Å². The Labute approximate surface area is 218 Å². The standard InChI is InChI=1S/C27H28F2N8O/c1-35-13-18(32-34-35)14-36-15-21(17-10-11-22(28)23(29)12-17)25(16-36)30-27(38)31-26-20-8-5-9-24(20)33-37(26)19-6-3-2-4-7-19/h2-4,6-7,10-13,21,25H,5,8-9,14-16H2,1H3,(H2,30,31,38). The fraction of sp³-hybridized carbons (Fsp3) is 0.333. The zero-order valence-corrected chi connectivity index (χ0v) is 20.9. The number of likely N-dealkylation sites (tertiary alicyclic amines) is 1. The summed E-state index contributed by atoms with van der Waals surface area (Å²) in [6.45, 7) is 1.59. The maximum Gasteiger partial charge on any atom is 0.320 e. The molecule has 6 rings (SSSR count). The number of anilines is 1. The average Bonchev–Trinajstić information content (AvgIpc) is 3.68. The summed E-state index contributed by atoms with van der Waals surface area (Å²) >= 11 is 0. The Morgan fingerprint density at radius 1 is 1.08 bits per heavy atom. The number of amides is 2. The number of aryl methyl sites for hydroxylation is 2. The van der Waals surface area contributed by atoms with Gasteiger partial charge in [0.1, 0.15) is 5.82 Å². The number of aromatic nitrogens is 5. The number of rotatable bonds is 6. The van der Waals surface area contributed by atoms with Crippen molar-refractivity contribution in [3.63, 3.8) is 0 Å². The van der Waals surface area contributed by atoms with Crippen molar-refractivity contribution in [3.05, 3.63) is 88.9 Å². The lowest BCUT2D eigenvalue weighted by Gasteiger charge is -2.21. The smallest absolute Gasteiger partial charge is 0.320 e. The maximum atomic E-state index is 14.1. The molecule has 38 heavy (non-hydrogen) atoms. The van der Waals surface area contributed by atoms with Crippen LogP contribution in [0.2, 0.25) is 0 Å². The predicted octanol–water partition coefficient (Wildman–Crippen LogP) is 3.56. The van der Waals surface area contributed by atoms with Crippen LogP contribution in [-0.4, -0.2) is 54.8 Å². The summed E-state index contributed by atoms with van der Waals surface area (Å²) in [5.41, 5.74) is 4.35. The summed E-state index contributed by atoms with van der Waals surface area (Å²) in [5.74, 6) is -1.37. The van der Waals surface area contributed by atoms with Crippen molar-refractivity contribution >= 4 is 11.8 Å². The summed E-state index contributed by atoms with van der Waals surface area (Å²) in [6.07, 6.45) is 4.57. The Balaban J connectivity index is 1.24. The number of hydrogen-bond acceptors (Lipinski definition) is 5. The molecule has 0 saturated carbocycles. The highest BCUT2D eigenvalue weighted by molar-refractivity contribution is 5.90. The molecule has 0 bridgehead atoms. The van der Waals surface area contributed by atoms with Gasteiger partial charge in [-0.2, -0.15) is 5.10 Å². The molecule has 1 aliphatic heterocycles. The van der Waals surface area contributed by atoms with Crippen molar-refractivity contribution in [2.75, 3.05) is 18.4 Å². The first-order valence-electron chi connectivity index (χ1n) is 12.7. The van der Waals surface area contributed by atoms with Crippen LogP contribution in [0, 0.1) is 11.6 Å². The molecular formula is C27H28F2N8O. The molecule has 4 aromatic rings. The number of nitrogens with zero attached hydrogens (tertiary/aromatic N) is 6. The first-order chi connectivity index (χ1) is 18.4. The Morgan fingerprint density at radius 2 is 1.92 bits per heavy atom. The molecular weight excluding hydrogens is 490 g/mol. The van der Waals surface area contributed by atoms with Gasteiger partial charge < -0.3 is 5.32 Å². The lowest BCUT2D eigenvalue weighted by Crippen LogP contribution is -2.42. The molecule has 2 unspecified atom stereocenters. The number of benzene rings is 2. The van der Waals surface area contributed by atoms with E-state index in [9.17, 15) is 13.6 Å². The van der Waals surface area contributed by atoms with Crippen LogP contribution >= 0.6 is 0 Å². The molecule has 1 saturated heterocycles. The second kappa shape index (κ2) is 9.97. The lowest BCUT2D eigenvalue weighted by atomic mass is 9.94. The Kier molecular flexibility index (Phi) is 6.36. The number of halogens is 2. The second-order valence-corrected chi connectivity index (χ2v) is 9.94. The molecule has 2 aromatic heterocycles. The zero-order chi connectivity index (χ0) is 26.2.